The predicted octanol–water partition coefficient (Wildman–Crippen LogP) is 3.72. The third-order valence-electron chi connectivity index (χ3n) is 2.75. The lowest BCUT2D eigenvalue weighted by Gasteiger charge is -2.26. The summed E-state index contributed by atoms with van der Waals surface area (Å²) in [5, 5.41) is 0. The van der Waals surface area contributed by atoms with E-state index in [-0.39, 0.29) is 0 Å². The first-order chi connectivity index (χ1) is 10.9. The van der Waals surface area contributed by atoms with Crippen molar-refractivity contribution in [1.29, 1.82) is 0 Å². The smallest absolute Gasteiger partial charge is 0.374 e. The largest absolute Gasteiger partial charge is 0.500 e. The summed E-state index contributed by atoms with van der Waals surface area (Å²) in [6.07, 6.45) is 0. The Hall–Kier alpha value is 0.194. The van der Waals surface area contributed by atoms with Gasteiger partial charge in [-0.1, -0.05) is 6.92 Å². The Morgan fingerprint density at radius 2 is 0.739 bits per heavy atom. The molecule has 6 nitrogen and oxygen atoms in total. The van der Waals surface area contributed by atoms with Crippen LogP contribution in [0.5, 0.6) is 0 Å². The second kappa shape index (κ2) is 15.7. The molecule has 0 aliphatic heterocycles. The molecule has 0 aromatic rings. The van der Waals surface area contributed by atoms with E-state index in [4.69, 9.17) is 26.6 Å². The molecule has 0 aliphatic rings. The third kappa shape index (κ3) is 12.2. The zero-order chi connectivity index (χ0) is 18.2. The van der Waals surface area contributed by atoms with Crippen LogP contribution < -0.4 is 0 Å². The fourth-order valence-corrected chi connectivity index (χ4v) is 6.01. The summed E-state index contributed by atoms with van der Waals surface area (Å²) < 4.78 is 32.9. The van der Waals surface area contributed by atoms with E-state index in [0.717, 1.165) is 6.04 Å². The Balaban J connectivity index is 0. The Morgan fingerprint density at radius 3 is 0.913 bits per heavy atom. The molecular formula is C15H38O6Si2. The Bertz CT molecular complexity index is 222. The molecule has 0 atom stereocenters. The first kappa shape index (κ1) is 25.4. The van der Waals surface area contributed by atoms with Crippen molar-refractivity contribution in [2.45, 2.75) is 61.1 Å². The summed E-state index contributed by atoms with van der Waals surface area (Å²) in [6.45, 7) is 19.7. The molecule has 142 valence electrons. The molecule has 0 saturated carbocycles. The highest BCUT2D eigenvalue weighted by molar-refractivity contribution is 6.60. The highest BCUT2D eigenvalue weighted by Crippen LogP contribution is 2.14. The quantitative estimate of drug-likeness (QED) is 0.461. The minimum Gasteiger partial charge on any atom is -0.374 e. The molecule has 0 amide bonds. The fourth-order valence-electron chi connectivity index (χ4n) is 2.00. The molecule has 8 heteroatoms. The molecule has 0 fully saturated rings. The molecule has 0 spiro atoms. The van der Waals surface area contributed by atoms with Crippen molar-refractivity contribution in [3.8, 4) is 0 Å². The van der Waals surface area contributed by atoms with E-state index in [1.165, 1.54) is 0 Å². The van der Waals surface area contributed by atoms with Gasteiger partial charge in [-0.25, -0.2) is 0 Å². The summed E-state index contributed by atoms with van der Waals surface area (Å²) >= 11 is 0. The number of hydrogen-bond acceptors (Lipinski definition) is 6. The summed E-state index contributed by atoms with van der Waals surface area (Å²) in [4.78, 5) is 0. The van der Waals surface area contributed by atoms with Crippen molar-refractivity contribution in [3.05, 3.63) is 0 Å². The van der Waals surface area contributed by atoms with Crippen LogP contribution in [0.4, 0.5) is 0 Å². The van der Waals surface area contributed by atoms with Gasteiger partial charge >= 0.3 is 17.6 Å². The van der Waals surface area contributed by atoms with Gasteiger partial charge in [0, 0.05) is 52.2 Å². The van der Waals surface area contributed by atoms with E-state index in [1.807, 2.05) is 55.0 Å². The van der Waals surface area contributed by atoms with Gasteiger partial charge in [0.15, 0.2) is 0 Å². The van der Waals surface area contributed by atoms with E-state index in [1.54, 1.807) is 0 Å². The van der Waals surface area contributed by atoms with Crippen LogP contribution in [0.25, 0.3) is 0 Å². The molecule has 0 N–H and O–H groups in total. The van der Waals surface area contributed by atoms with Gasteiger partial charge in [0.25, 0.3) is 0 Å². The van der Waals surface area contributed by atoms with Crippen LogP contribution in [0.3, 0.4) is 0 Å². The zero-order valence-corrected chi connectivity index (χ0v) is 18.4. The van der Waals surface area contributed by atoms with Crippen LogP contribution in [-0.4, -0.2) is 57.3 Å². The maximum Gasteiger partial charge on any atom is 0.500 e. The first-order valence-corrected chi connectivity index (χ1v) is 12.9. The predicted molar refractivity (Wildman–Crippen MR) is 97.6 cm³/mol. The molecule has 23 heavy (non-hydrogen) atoms. The van der Waals surface area contributed by atoms with Gasteiger partial charge in [-0.3, -0.25) is 0 Å². The fraction of sp³-hybridized carbons (Fsp3) is 1.00. The van der Waals surface area contributed by atoms with Crippen LogP contribution in [0.1, 0.15) is 48.5 Å². The topological polar surface area (TPSA) is 55.4 Å². The SMILES string of the molecule is CCO[Si](C)(OCC)OCC.CCO[Si](CC)(OCC)OCC. The lowest BCUT2D eigenvalue weighted by Crippen LogP contribution is -2.45. The van der Waals surface area contributed by atoms with Crippen molar-refractivity contribution >= 4 is 17.6 Å². The molecule has 0 radical (unpaired) electrons. The average Bonchev–Trinajstić information content (AvgIpc) is 2.49. The van der Waals surface area contributed by atoms with Gasteiger partial charge in [-0.05, 0) is 41.5 Å². The van der Waals surface area contributed by atoms with Gasteiger partial charge < -0.3 is 26.6 Å². The number of rotatable bonds is 13. The Morgan fingerprint density at radius 1 is 0.478 bits per heavy atom. The second-order valence-electron chi connectivity index (χ2n) is 4.50. The van der Waals surface area contributed by atoms with E-state index in [0.29, 0.717) is 39.6 Å². The Kier molecular flexibility index (Phi) is 17.4. The van der Waals surface area contributed by atoms with Crippen molar-refractivity contribution in [2.75, 3.05) is 39.6 Å². The van der Waals surface area contributed by atoms with E-state index < -0.39 is 17.6 Å². The van der Waals surface area contributed by atoms with Crippen LogP contribution in [0, 0.1) is 0 Å². The lowest BCUT2D eigenvalue weighted by molar-refractivity contribution is 0.0724. The maximum atomic E-state index is 5.55. The van der Waals surface area contributed by atoms with Crippen molar-refractivity contribution in [1.82, 2.24) is 0 Å². The van der Waals surface area contributed by atoms with Crippen LogP contribution in [0.15, 0.2) is 0 Å². The lowest BCUT2D eigenvalue weighted by atomic mass is 10.9. The monoisotopic (exact) mass is 370 g/mol. The van der Waals surface area contributed by atoms with Crippen molar-refractivity contribution in [3.63, 3.8) is 0 Å². The van der Waals surface area contributed by atoms with E-state index in [9.17, 15) is 0 Å². The van der Waals surface area contributed by atoms with Gasteiger partial charge in [0.1, 0.15) is 0 Å². The molecule has 0 rings (SSSR count). The average molecular weight is 371 g/mol. The van der Waals surface area contributed by atoms with Gasteiger partial charge in [0.2, 0.25) is 0 Å². The number of hydrogen-bond donors (Lipinski definition) is 0. The minimum atomic E-state index is -2.27. The highest BCUT2D eigenvalue weighted by Gasteiger charge is 2.37. The third-order valence-corrected chi connectivity index (χ3v) is 8.24. The molecular weight excluding hydrogens is 332 g/mol. The molecule has 0 bridgehead atoms. The summed E-state index contributed by atoms with van der Waals surface area (Å²) in [5.41, 5.74) is 0. The maximum absolute atomic E-state index is 5.55. The van der Waals surface area contributed by atoms with Crippen molar-refractivity contribution in [2.24, 2.45) is 0 Å². The molecule has 0 aromatic carbocycles. The van der Waals surface area contributed by atoms with Crippen LogP contribution >= 0.6 is 0 Å². The van der Waals surface area contributed by atoms with Gasteiger partial charge in [-0.15, -0.1) is 0 Å². The molecule has 0 aliphatic carbocycles. The van der Waals surface area contributed by atoms with E-state index in [2.05, 4.69) is 0 Å². The summed E-state index contributed by atoms with van der Waals surface area (Å²) in [5.74, 6) is 0. The summed E-state index contributed by atoms with van der Waals surface area (Å²) in [7, 11) is -4.52. The molecule has 0 unspecified atom stereocenters. The van der Waals surface area contributed by atoms with Crippen LogP contribution in [-0.2, 0) is 26.6 Å². The van der Waals surface area contributed by atoms with Gasteiger partial charge in [-0.2, -0.15) is 0 Å². The normalized spacial score (nSPS) is 12.0. The zero-order valence-electron chi connectivity index (χ0n) is 16.4. The van der Waals surface area contributed by atoms with Crippen molar-refractivity contribution < 1.29 is 26.6 Å². The molecule has 0 saturated heterocycles. The standard InChI is InChI=1S/C8H20O3Si.C7H18O3Si/c1-5-9-12(8-4,10-6-2)11-7-3;1-5-8-11(4,9-6-2)10-7-3/h5-8H2,1-4H3;5-7H2,1-4H3. The molecule has 0 aromatic heterocycles. The van der Waals surface area contributed by atoms with Gasteiger partial charge in [0.05, 0.1) is 0 Å². The first-order valence-electron chi connectivity index (χ1n) is 8.76. The highest BCUT2D eigenvalue weighted by atomic mass is 28.4. The minimum absolute atomic E-state index is 0.655. The second-order valence-corrected chi connectivity index (χ2v) is 10.0. The van der Waals surface area contributed by atoms with Crippen LogP contribution in [0.2, 0.25) is 12.6 Å². The Labute approximate surface area is 145 Å². The summed E-state index contributed by atoms with van der Waals surface area (Å²) in [6, 6.07) is 0.850. The molecule has 0 heterocycles. The van der Waals surface area contributed by atoms with E-state index >= 15 is 0 Å².